The Balaban J connectivity index is 1.99. The summed E-state index contributed by atoms with van der Waals surface area (Å²) < 4.78 is 28.1. The number of fused-ring (bicyclic) bond motifs is 1. The molecule has 1 unspecified atom stereocenters. The van der Waals surface area contributed by atoms with Crippen molar-refractivity contribution in [3.8, 4) is 5.75 Å². The van der Waals surface area contributed by atoms with Crippen LogP contribution < -0.4 is 4.72 Å². The average molecular weight is 386 g/mol. The maximum absolute atomic E-state index is 12.7. The lowest BCUT2D eigenvalue weighted by Gasteiger charge is -2.18. The van der Waals surface area contributed by atoms with Gasteiger partial charge >= 0.3 is 0 Å². The molecular formula is C17H17Cl2NO3S. The molecule has 2 aromatic carbocycles. The minimum atomic E-state index is -3.96. The summed E-state index contributed by atoms with van der Waals surface area (Å²) in [5.41, 5.74) is 4.39. The third-order valence-corrected chi connectivity index (χ3v) is 6.24. The third kappa shape index (κ3) is 3.14. The summed E-state index contributed by atoms with van der Waals surface area (Å²) in [6.07, 6.45) is 1.49. The molecule has 0 radical (unpaired) electrons. The molecular weight excluding hydrogens is 369 g/mol. The Morgan fingerprint density at radius 3 is 2.58 bits per heavy atom. The maximum atomic E-state index is 12.7. The summed E-state index contributed by atoms with van der Waals surface area (Å²) in [5, 5.41) is 10.1. The first-order valence-corrected chi connectivity index (χ1v) is 9.73. The molecule has 2 N–H and O–H groups in total. The largest absolute Gasteiger partial charge is 0.505 e. The number of rotatable bonds is 3. The molecule has 0 bridgehead atoms. The number of hydrogen-bond donors (Lipinski definition) is 2. The lowest BCUT2D eigenvalue weighted by atomic mass is 10.00. The summed E-state index contributed by atoms with van der Waals surface area (Å²) in [7, 11) is -3.96. The predicted molar refractivity (Wildman–Crippen MR) is 95.4 cm³/mol. The number of aryl methyl sites for hydroxylation is 3. The van der Waals surface area contributed by atoms with Crippen LogP contribution in [0, 0.1) is 13.8 Å². The molecule has 0 aliphatic heterocycles. The summed E-state index contributed by atoms with van der Waals surface area (Å²) in [5.74, 6) is -0.493. The van der Waals surface area contributed by atoms with Crippen LogP contribution in [-0.4, -0.2) is 13.5 Å². The highest BCUT2D eigenvalue weighted by Crippen LogP contribution is 2.38. The standard InChI is InChI=1S/C17H17Cl2NO3S/c1-9-5-10(2)16-11(6-9)3-4-14(16)20-24(22,23)15-8-12(18)7-13(19)17(15)21/h5-8,14,20-21H,3-4H2,1-2H3. The molecule has 24 heavy (non-hydrogen) atoms. The van der Waals surface area contributed by atoms with Crippen molar-refractivity contribution in [2.75, 3.05) is 0 Å². The highest BCUT2D eigenvalue weighted by molar-refractivity contribution is 7.89. The molecule has 0 heterocycles. The Labute approximate surface area is 151 Å². The number of hydrogen-bond acceptors (Lipinski definition) is 3. The number of halogens is 2. The Hall–Kier alpha value is -1.27. The van der Waals surface area contributed by atoms with Crippen LogP contribution in [0.5, 0.6) is 5.75 Å². The monoisotopic (exact) mass is 385 g/mol. The normalized spacial score (nSPS) is 17.1. The molecule has 1 aliphatic rings. The third-order valence-electron chi connectivity index (χ3n) is 4.25. The second-order valence-corrected chi connectivity index (χ2v) is 8.63. The van der Waals surface area contributed by atoms with Gasteiger partial charge in [0.2, 0.25) is 10.0 Å². The molecule has 1 atom stereocenters. The maximum Gasteiger partial charge on any atom is 0.244 e. The van der Waals surface area contributed by atoms with Gasteiger partial charge in [0.1, 0.15) is 4.90 Å². The highest BCUT2D eigenvalue weighted by atomic mass is 35.5. The van der Waals surface area contributed by atoms with Gasteiger partial charge in [-0.05, 0) is 55.5 Å². The van der Waals surface area contributed by atoms with Crippen molar-refractivity contribution in [1.82, 2.24) is 4.72 Å². The zero-order valence-electron chi connectivity index (χ0n) is 13.2. The molecule has 0 saturated carbocycles. The number of sulfonamides is 1. The van der Waals surface area contributed by atoms with Gasteiger partial charge in [0.05, 0.1) is 5.02 Å². The Bertz CT molecular complexity index is 926. The summed E-state index contributed by atoms with van der Waals surface area (Å²) in [6, 6.07) is 6.30. The number of phenols is 1. The zero-order valence-corrected chi connectivity index (χ0v) is 15.6. The lowest BCUT2D eigenvalue weighted by Crippen LogP contribution is -2.28. The molecule has 0 spiro atoms. The van der Waals surface area contributed by atoms with Gasteiger partial charge in [-0.2, -0.15) is 0 Å². The molecule has 7 heteroatoms. The van der Waals surface area contributed by atoms with E-state index in [9.17, 15) is 13.5 Å². The van der Waals surface area contributed by atoms with Crippen LogP contribution in [0.3, 0.4) is 0 Å². The average Bonchev–Trinajstić information content (AvgIpc) is 2.84. The molecule has 0 saturated heterocycles. The molecule has 4 nitrogen and oxygen atoms in total. The van der Waals surface area contributed by atoms with E-state index in [1.807, 2.05) is 19.9 Å². The van der Waals surface area contributed by atoms with Crippen molar-refractivity contribution in [2.45, 2.75) is 37.6 Å². The van der Waals surface area contributed by atoms with Crippen molar-refractivity contribution in [3.63, 3.8) is 0 Å². The van der Waals surface area contributed by atoms with Crippen LogP contribution in [0.1, 0.15) is 34.7 Å². The van der Waals surface area contributed by atoms with E-state index in [4.69, 9.17) is 23.2 Å². The molecule has 3 rings (SSSR count). The van der Waals surface area contributed by atoms with E-state index in [0.717, 1.165) is 28.7 Å². The summed E-state index contributed by atoms with van der Waals surface area (Å²) in [4.78, 5) is -0.307. The first kappa shape index (κ1) is 17.5. The van der Waals surface area contributed by atoms with Crippen molar-refractivity contribution < 1.29 is 13.5 Å². The Morgan fingerprint density at radius 2 is 1.88 bits per heavy atom. The molecule has 0 amide bonds. The molecule has 0 fully saturated rings. The SMILES string of the molecule is Cc1cc(C)c2c(c1)CCC2NS(=O)(=O)c1cc(Cl)cc(Cl)c1O. The number of benzene rings is 2. The minimum absolute atomic E-state index is 0.0958. The van der Waals surface area contributed by atoms with Crippen LogP contribution in [-0.2, 0) is 16.4 Å². The number of phenolic OH excluding ortho intramolecular Hbond substituents is 1. The molecule has 0 aromatic heterocycles. The van der Waals surface area contributed by atoms with Gasteiger partial charge in [-0.1, -0.05) is 40.9 Å². The van der Waals surface area contributed by atoms with Gasteiger partial charge in [-0.25, -0.2) is 13.1 Å². The fourth-order valence-corrected chi connectivity index (χ4v) is 5.33. The Morgan fingerprint density at radius 1 is 1.17 bits per heavy atom. The van der Waals surface area contributed by atoms with E-state index >= 15 is 0 Å². The van der Waals surface area contributed by atoms with Crippen LogP contribution in [0.15, 0.2) is 29.2 Å². The van der Waals surface area contributed by atoms with Crippen molar-refractivity contribution in [2.24, 2.45) is 0 Å². The van der Waals surface area contributed by atoms with Gasteiger partial charge in [-0.15, -0.1) is 0 Å². The zero-order chi connectivity index (χ0) is 17.6. The molecule has 128 valence electrons. The number of nitrogens with one attached hydrogen (secondary N) is 1. The van der Waals surface area contributed by atoms with Crippen molar-refractivity contribution in [3.05, 3.63) is 56.6 Å². The van der Waals surface area contributed by atoms with E-state index in [1.54, 1.807) is 0 Å². The van der Waals surface area contributed by atoms with Crippen LogP contribution >= 0.6 is 23.2 Å². The quantitative estimate of drug-likeness (QED) is 0.828. The molecule has 1 aliphatic carbocycles. The first-order valence-electron chi connectivity index (χ1n) is 7.49. The van der Waals surface area contributed by atoms with E-state index in [0.29, 0.717) is 6.42 Å². The smallest absolute Gasteiger partial charge is 0.244 e. The fraction of sp³-hybridized carbons (Fsp3) is 0.294. The van der Waals surface area contributed by atoms with E-state index in [2.05, 4.69) is 10.8 Å². The summed E-state index contributed by atoms with van der Waals surface area (Å²) in [6.45, 7) is 4.00. The predicted octanol–water partition coefficient (Wildman–Crippen LogP) is 4.28. The fourth-order valence-electron chi connectivity index (χ4n) is 3.33. The lowest BCUT2D eigenvalue weighted by molar-refractivity contribution is 0.457. The van der Waals surface area contributed by atoms with Crippen molar-refractivity contribution in [1.29, 1.82) is 0 Å². The summed E-state index contributed by atoms with van der Waals surface area (Å²) >= 11 is 11.7. The number of aromatic hydroxyl groups is 1. The van der Waals surface area contributed by atoms with Crippen LogP contribution in [0.2, 0.25) is 10.0 Å². The van der Waals surface area contributed by atoms with Gasteiger partial charge in [0.25, 0.3) is 0 Å². The topological polar surface area (TPSA) is 66.4 Å². The highest BCUT2D eigenvalue weighted by Gasteiger charge is 2.31. The van der Waals surface area contributed by atoms with Gasteiger partial charge in [0, 0.05) is 11.1 Å². The second kappa shape index (κ2) is 6.23. The minimum Gasteiger partial charge on any atom is -0.505 e. The first-order chi connectivity index (χ1) is 11.2. The van der Waals surface area contributed by atoms with E-state index < -0.39 is 15.8 Å². The van der Waals surface area contributed by atoms with Gasteiger partial charge in [-0.3, -0.25) is 0 Å². The van der Waals surface area contributed by atoms with Gasteiger partial charge < -0.3 is 5.11 Å². The molecule has 2 aromatic rings. The van der Waals surface area contributed by atoms with Crippen LogP contribution in [0.4, 0.5) is 0 Å². The van der Waals surface area contributed by atoms with Crippen LogP contribution in [0.25, 0.3) is 0 Å². The van der Waals surface area contributed by atoms with Crippen molar-refractivity contribution >= 4 is 33.2 Å². The van der Waals surface area contributed by atoms with E-state index in [-0.39, 0.29) is 21.0 Å². The Kier molecular flexibility index (Phi) is 4.55. The van der Waals surface area contributed by atoms with Gasteiger partial charge in [0.15, 0.2) is 5.75 Å². The second-order valence-electron chi connectivity index (χ2n) is 6.10. The van der Waals surface area contributed by atoms with E-state index in [1.165, 1.54) is 12.1 Å².